The fourth-order valence-corrected chi connectivity index (χ4v) is 3.46. The first-order chi connectivity index (χ1) is 16.0. The molecule has 7 nitrogen and oxygen atoms in total. The fraction of sp³-hybridized carbons (Fsp3) is 0.115. The molecule has 0 aliphatic rings. The lowest BCUT2D eigenvalue weighted by molar-refractivity contribution is -0.137. The summed E-state index contributed by atoms with van der Waals surface area (Å²) in [5, 5.41) is 31.9. The molecule has 7 heteroatoms. The highest BCUT2D eigenvalue weighted by Crippen LogP contribution is 2.24. The molecule has 0 radical (unpaired) electrons. The lowest BCUT2D eigenvalue weighted by Gasteiger charge is -2.18. The summed E-state index contributed by atoms with van der Waals surface area (Å²) in [5.41, 5.74) is 3.81. The summed E-state index contributed by atoms with van der Waals surface area (Å²) in [4.78, 5) is 21.3. The Morgan fingerprint density at radius 3 is 2.12 bits per heavy atom. The SMILES string of the molecule is O=C(O)[C@H](Cc1ccc(O)cc1)Nc1ncc(-c2ccc(O)cc2)nc1Cc1ccccc1. The van der Waals surface area contributed by atoms with Crippen molar-refractivity contribution >= 4 is 11.8 Å². The molecule has 4 rings (SSSR count). The van der Waals surface area contributed by atoms with Gasteiger partial charge in [0.2, 0.25) is 0 Å². The van der Waals surface area contributed by atoms with E-state index in [0.717, 1.165) is 16.7 Å². The molecule has 1 aromatic heterocycles. The molecule has 0 aliphatic heterocycles. The minimum absolute atomic E-state index is 0.124. The normalized spacial score (nSPS) is 11.6. The topological polar surface area (TPSA) is 116 Å². The van der Waals surface area contributed by atoms with E-state index in [1.165, 1.54) is 12.1 Å². The van der Waals surface area contributed by atoms with Crippen molar-refractivity contribution < 1.29 is 20.1 Å². The van der Waals surface area contributed by atoms with E-state index in [1.807, 2.05) is 30.3 Å². The third-order valence-corrected chi connectivity index (χ3v) is 5.21. The number of hydrogen-bond donors (Lipinski definition) is 4. The lowest BCUT2D eigenvalue weighted by atomic mass is 10.0. The van der Waals surface area contributed by atoms with E-state index >= 15 is 0 Å². The van der Waals surface area contributed by atoms with Gasteiger partial charge in [-0.1, -0.05) is 42.5 Å². The number of anilines is 1. The van der Waals surface area contributed by atoms with Crippen LogP contribution in [0.3, 0.4) is 0 Å². The zero-order chi connectivity index (χ0) is 23.2. The van der Waals surface area contributed by atoms with E-state index in [9.17, 15) is 20.1 Å². The van der Waals surface area contributed by atoms with Crippen LogP contribution >= 0.6 is 0 Å². The quantitative estimate of drug-likeness (QED) is 0.323. The largest absolute Gasteiger partial charge is 0.508 e. The van der Waals surface area contributed by atoms with Crippen LogP contribution in [0.5, 0.6) is 11.5 Å². The number of aliphatic carboxylic acids is 1. The standard InChI is InChI=1S/C26H23N3O4/c30-20-10-6-18(7-11-20)15-23(26(32)33)29-25-22(14-17-4-2-1-3-5-17)28-24(16-27-25)19-8-12-21(31)13-9-19/h1-13,16,23,30-31H,14-15H2,(H,27,29)(H,32,33)/t23-/m0/s1. The van der Waals surface area contributed by atoms with Crippen LogP contribution in [0.15, 0.2) is 85.1 Å². The van der Waals surface area contributed by atoms with Crippen LogP contribution in [0.25, 0.3) is 11.3 Å². The van der Waals surface area contributed by atoms with Crippen LogP contribution in [0.4, 0.5) is 5.82 Å². The minimum Gasteiger partial charge on any atom is -0.508 e. The van der Waals surface area contributed by atoms with Gasteiger partial charge in [0.15, 0.2) is 0 Å². The highest BCUT2D eigenvalue weighted by Gasteiger charge is 2.21. The second-order valence-electron chi connectivity index (χ2n) is 7.67. The lowest BCUT2D eigenvalue weighted by Crippen LogP contribution is -2.32. The molecule has 4 aromatic rings. The van der Waals surface area contributed by atoms with Crippen LogP contribution in [0.2, 0.25) is 0 Å². The zero-order valence-electron chi connectivity index (χ0n) is 17.7. The Morgan fingerprint density at radius 2 is 1.48 bits per heavy atom. The molecule has 166 valence electrons. The first kappa shape index (κ1) is 21.8. The van der Waals surface area contributed by atoms with Crippen LogP contribution < -0.4 is 5.32 Å². The highest BCUT2D eigenvalue weighted by molar-refractivity contribution is 5.77. The van der Waals surface area contributed by atoms with Gasteiger partial charge in [0.1, 0.15) is 23.4 Å². The Bertz CT molecular complexity index is 1230. The van der Waals surface area contributed by atoms with Gasteiger partial charge in [-0.25, -0.2) is 14.8 Å². The number of aromatic nitrogens is 2. The summed E-state index contributed by atoms with van der Waals surface area (Å²) < 4.78 is 0. The number of phenols is 2. The molecule has 0 fully saturated rings. The number of carboxylic acids is 1. The number of aromatic hydroxyl groups is 2. The summed E-state index contributed by atoms with van der Waals surface area (Å²) >= 11 is 0. The Balaban J connectivity index is 1.66. The second-order valence-corrected chi connectivity index (χ2v) is 7.67. The number of hydrogen-bond acceptors (Lipinski definition) is 6. The van der Waals surface area contributed by atoms with Crippen molar-refractivity contribution in [2.24, 2.45) is 0 Å². The smallest absolute Gasteiger partial charge is 0.326 e. The number of rotatable bonds is 8. The number of benzene rings is 3. The molecule has 4 N–H and O–H groups in total. The monoisotopic (exact) mass is 441 g/mol. The van der Waals surface area contributed by atoms with E-state index in [2.05, 4.69) is 10.3 Å². The number of nitrogens with one attached hydrogen (secondary N) is 1. The summed E-state index contributed by atoms with van der Waals surface area (Å²) in [7, 11) is 0. The molecule has 1 atom stereocenters. The molecule has 33 heavy (non-hydrogen) atoms. The summed E-state index contributed by atoms with van der Waals surface area (Å²) in [6.45, 7) is 0. The van der Waals surface area contributed by atoms with Crippen LogP contribution in [-0.2, 0) is 17.6 Å². The summed E-state index contributed by atoms with van der Waals surface area (Å²) in [6.07, 6.45) is 2.26. The van der Waals surface area contributed by atoms with Crippen LogP contribution in [0.1, 0.15) is 16.8 Å². The van der Waals surface area contributed by atoms with Crippen LogP contribution in [-0.4, -0.2) is 37.3 Å². The average molecular weight is 441 g/mol. The predicted octanol–water partition coefficient (Wildman–Crippen LogP) is 4.25. The average Bonchev–Trinajstić information content (AvgIpc) is 2.82. The van der Waals surface area contributed by atoms with Crippen LogP contribution in [0, 0.1) is 0 Å². The van der Waals surface area contributed by atoms with Crippen molar-refractivity contribution in [2.75, 3.05) is 5.32 Å². The first-order valence-corrected chi connectivity index (χ1v) is 10.4. The Hall–Kier alpha value is -4.39. The number of phenolic OH excluding ortho intramolecular Hbond substituents is 2. The van der Waals surface area contributed by atoms with Crippen molar-refractivity contribution in [2.45, 2.75) is 18.9 Å². The fourth-order valence-electron chi connectivity index (χ4n) is 3.46. The van der Waals surface area contributed by atoms with Gasteiger partial charge in [-0.2, -0.15) is 0 Å². The number of carboxylic acid groups (broad SMARTS) is 1. The van der Waals surface area contributed by atoms with Crippen molar-refractivity contribution in [3.63, 3.8) is 0 Å². The molecule has 1 heterocycles. The third kappa shape index (κ3) is 5.65. The van der Waals surface area contributed by atoms with E-state index < -0.39 is 12.0 Å². The molecule has 0 spiro atoms. The van der Waals surface area contributed by atoms with Gasteiger partial charge < -0.3 is 20.6 Å². The Kier molecular flexibility index (Phi) is 6.50. The maximum Gasteiger partial charge on any atom is 0.326 e. The number of carbonyl (C=O) groups is 1. The van der Waals surface area contributed by atoms with E-state index in [4.69, 9.17) is 4.98 Å². The molecule has 0 saturated carbocycles. The molecule has 0 unspecified atom stereocenters. The highest BCUT2D eigenvalue weighted by atomic mass is 16.4. The predicted molar refractivity (Wildman–Crippen MR) is 125 cm³/mol. The molecule has 0 bridgehead atoms. The van der Waals surface area contributed by atoms with Crippen molar-refractivity contribution in [3.8, 4) is 22.8 Å². The number of nitrogens with zero attached hydrogens (tertiary/aromatic N) is 2. The van der Waals surface area contributed by atoms with Gasteiger partial charge in [-0.3, -0.25) is 0 Å². The molecule has 3 aromatic carbocycles. The van der Waals surface area contributed by atoms with Crippen molar-refractivity contribution in [1.82, 2.24) is 9.97 Å². The van der Waals surface area contributed by atoms with Crippen molar-refractivity contribution in [1.29, 1.82) is 0 Å². The maximum atomic E-state index is 12.0. The van der Waals surface area contributed by atoms with Gasteiger partial charge in [0.25, 0.3) is 0 Å². The second kappa shape index (κ2) is 9.82. The van der Waals surface area contributed by atoms with E-state index in [1.54, 1.807) is 42.6 Å². The van der Waals surface area contributed by atoms with E-state index in [-0.39, 0.29) is 17.9 Å². The molecular weight excluding hydrogens is 418 g/mol. The maximum absolute atomic E-state index is 12.0. The minimum atomic E-state index is -1.02. The van der Waals surface area contributed by atoms with Gasteiger partial charge in [0, 0.05) is 18.4 Å². The first-order valence-electron chi connectivity index (χ1n) is 10.4. The van der Waals surface area contributed by atoms with Gasteiger partial charge >= 0.3 is 5.97 Å². The summed E-state index contributed by atoms with van der Waals surface area (Å²) in [5.74, 6) is -0.335. The van der Waals surface area contributed by atoms with Gasteiger partial charge in [-0.15, -0.1) is 0 Å². The Morgan fingerprint density at radius 1 is 0.848 bits per heavy atom. The van der Waals surface area contributed by atoms with Gasteiger partial charge in [-0.05, 0) is 47.5 Å². The van der Waals surface area contributed by atoms with Crippen molar-refractivity contribution in [3.05, 3.63) is 102 Å². The molecule has 0 saturated heterocycles. The third-order valence-electron chi connectivity index (χ3n) is 5.21. The summed E-state index contributed by atoms with van der Waals surface area (Å²) in [6, 6.07) is 21.9. The Labute approximate surface area is 191 Å². The zero-order valence-corrected chi connectivity index (χ0v) is 17.7. The molecular formula is C26H23N3O4. The molecule has 0 amide bonds. The molecule has 0 aliphatic carbocycles. The van der Waals surface area contributed by atoms with Gasteiger partial charge in [0.05, 0.1) is 17.6 Å². The van der Waals surface area contributed by atoms with E-state index in [0.29, 0.717) is 23.6 Å².